The zero-order chi connectivity index (χ0) is 13.7. The van der Waals surface area contributed by atoms with E-state index in [4.69, 9.17) is 0 Å². The Morgan fingerprint density at radius 1 is 1.16 bits per heavy atom. The van der Waals surface area contributed by atoms with Gasteiger partial charge in [0.1, 0.15) is 0 Å². The Morgan fingerprint density at radius 2 is 1.84 bits per heavy atom. The molecule has 0 saturated carbocycles. The number of para-hydroxylation sites is 1. The lowest BCUT2D eigenvalue weighted by molar-refractivity contribution is 0.102. The second-order valence-electron chi connectivity index (χ2n) is 4.26. The molecule has 19 heavy (non-hydrogen) atoms. The molecule has 0 heterocycles. The van der Waals surface area contributed by atoms with E-state index in [1.165, 1.54) is 0 Å². The average Bonchev–Trinajstić information content (AvgIpc) is 2.47. The summed E-state index contributed by atoms with van der Waals surface area (Å²) in [5, 5.41) is 2.94. The molecule has 0 saturated heterocycles. The first-order valence-corrected chi connectivity index (χ1v) is 6.37. The fourth-order valence-corrected chi connectivity index (χ4v) is 2.03. The number of rotatable bonds is 4. The molecule has 0 aromatic heterocycles. The number of carbonyl (C=O) groups is 1. The van der Waals surface area contributed by atoms with Gasteiger partial charge in [0.15, 0.2) is 0 Å². The number of amides is 1. The SMILES string of the molecule is C=Cc1ccccc1NC(=O)c1ccccc1CC. The van der Waals surface area contributed by atoms with Crippen LogP contribution in [0.4, 0.5) is 5.69 Å². The fraction of sp³-hybridized carbons (Fsp3) is 0.118. The Balaban J connectivity index is 2.28. The van der Waals surface area contributed by atoms with Crippen molar-refractivity contribution in [2.24, 2.45) is 0 Å². The molecular weight excluding hydrogens is 234 g/mol. The predicted octanol–water partition coefficient (Wildman–Crippen LogP) is 4.14. The van der Waals surface area contributed by atoms with Crippen LogP contribution >= 0.6 is 0 Å². The second-order valence-corrected chi connectivity index (χ2v) is 4.26. The van der Waals surface area contributed by atoms with Crippen molar-refractivity contribution in [2.75, 3.05) is 5.32 Å². The highest BCUT2D eigenvalue weighted by atomic mass is 16.1. The number of benzene rings is 2. The maximum absolute atomic E-state index is 12.3. The Morgan fingerprint density at radius 3 is 2.58 bits per heavy atom. The van der Waals surface area contributed by atoms with Gasteiger partial charge in [-0.3, -0.25) is 4.79 Å². The maximum Gasteiger partial charge on any atom is 0.255 e. The molecule has 2 aromatic rings. The summed E-state index contributed by atoms with van der Waals surface area (Å²) in [6.07, 6.45) is 2.58. The summed E-state index contributed by atoms with van der Waals surface area (Å²) in [6.45, 7) is 5.80. The first kappa shape index (κ1) is 13.1. The van der Waals surface area contributed by atoms with Gasteiger partial charge >= 0.3 is 0 Å². The molecule has 2 rings (SSSR count). The molecule has 0 radical (unpaired) electrons. The molecule has 0 aliphatic heterocycles. The third kappa shape index (κ3) is 2.91. The zero-order valence-electron chi connectivity index (χ0n) is 11.0. The first-order chi connectivity index (χ1) is 9.26. The molecule has 96 valence electrons. The van der Waals surface area contributed by atoms with E-state index >= 15 is 0 Å². The van der Waals surface area contributed by atoms with Crippen LogP contribution in [0.15, 0.2) is 55.1 Å². The van der Waals surface area contributed by atoms with Crippen LogP contribution in [0.5, 0.6) is 0 Å². The first-order valence-electron chi connectivity index (χ1n) is 6.37. The number of anilines is 1. The Bertz CT molecular complexity index is 602. The molecule has 0 fully saturated rings. The van der Waals surface area contributed by atoms with Crippen molar-refractivity contribution in [3.8, 4) is 0 Å². The van der Waals surface area contributed by atoms with Crippen molar-refractivity contribution in [1.29, 1.82) is 0 Å². The Labute approximate surface area is 113 Å². The Kier molecular flexibility index (Phi) is 4.14. The zero-order valence-corrected chi connectivity index (χ0v) is 11.0. The van der Waals surface area contributed by atoms with Gasteiger partial charge in [0.25, 0.3) is 5.91 Å². The lowest BCUT2D eigenvalue weighted by atomic mass is 10.0. The summed E-state index contributed by atoms with van der Waals surface area (Å²) in [7, 11) is 0. The quantitative estimate of drug-likeness (QED) is 0.869. The third-order valence-corrected chi connectivity index (χ3v) is 3.07. The van der Waals surface area contributed by atoms with Crippen molar-refractivity contribution in [3.63, 3.8) is 0 Å². The lowest BCUT2D eigenvalue weighted by Gasteiger charge is -2.10. The molecule has 2 heteroatoms. The topological polar surface area (TPSA) is 29.1 Å². The molecular formula is C17H17NO. The van der Waals surface area contributed by atoms with E-state index in [2.05, 4.69) is 11.9 Å². The molecule has 1 N–H and O–H groups in total. The van der Waals surface area contributed by atoms with Gasteiger partial charge in [0.2, 0.25) is 0 Å². The molecule has 0 unspecified atom stereocenters. The van der Waals surface area contributed by atoms with Crippen LogP contribution in [0.25, 0.3) is 6.08 Å². The monoisotopic (exact) mass is 251 g/mol. The average molecular weight is 251 g/mol. The van der Waals surface area contributed by atoms with Gasteiger partial charge in [0, 0.05) is 11.3 Å². The lowest BCUT2D eigenvalue weighted by Crippen LogP contribution is -2.14. The van der Waals surface area contributed by atoms with Gasteiger partial charge in [-0.05, 0) is 29.7 Å². The van der Waals surface area contributed by atoms with Gasteiger partial charge in [-0.1, -0.05) is 56.0 Å². The van der Waals surface area contributed by atoms with Crippen LogP contribution in [0.2, 0.25) is 0 Å². The van der Waals surface area contributed by atoms with E-state index < -0.39 is 0 Å². The minimum Gasteiger partial charge on any atom is -0.321 e. The predicted molar refractivity (Wildman–Crippen MR) is 80.3 cm³/mol. The number of carbonyl (C=O) groups excluding carboxylic acids is 1. The van der Waals surface area contributed by atoms with E-state index in [1.807, 2.05) is 55.5 Å². The molecule has 0 aliphatic carbocycles. The summed E-state index contributed by atoms with van der Waals surface area (Å²) < 4.78 is 0. The van der Waals surface area contributed by atoms with Gasteiger partial charge < -0.3 is 5.32 Å². The Hall–Kier alpha value is -2.35. The van der Waals surface area contributed by atoms with E-state index in [0.717, 1.165) is 28.8 Å². The summed E-state index contributed by atoms with van der Waals surface area (Å²) >= 11 is 0. The summed E-state index contributed by atoms with van der Waals surface area (Å²) in [4.78, 5) is 12.3. The molecule has 0 atom stereocenters. The van der Waals surface area contributed by atoms with Crippen LogP contribution in [0.1, 0.15) is 28.4 Å². The maximum atomic E-state index is 12.3. The summed E-state index contributed by atoms with van der Waals surface area (Å²) in [5.41, 5.74) is 3.48. The molecule has 1 amide bonds. The van der Waals surface area contributed by atoms with E-state index in [1.54, 1.807) is 6.08 Å². The van der Waals surface area contributed by atoms with E-state index in [9.17, 15) is 4.79 Å². The van der Waals surface area contributed by atoms with E-state index in [0.29, 0.717) is 0 Å². The van der Waals surface area contributed by atoms with Gasteiger partial charge in [-0.2, -0.15) is 0 Å². The highest BCUT2D eigenvalue weighted by Crippen LogP contribution is 2.18. The molecule has 2 nitrogen and oxygen atoms in total. The van der Waals surface area contributed by atoms with Crippen LogP contribution in [-0.2, 0) is 6.42 Å². The van der Waals surface area contributed by atoms with Crippen molar-refractivity contribution in [1.82, 2.24) is 0 Å². The number of aryl methyl sites for hydroxylation is 1. The van der Waals surface area contributed by atoms with Crippen LogP contribution < -0.4 is 5.32 Å². The molecule has 0 spiro atoms. The fourth-order valence-electron chi connectivity index (χ4n) is 2.03. The number of hydrogen-bond donors (Lipinski definition) is 1. The van der Waals surface area contributed by atoms with Gasteiger partial charge in [0.05, 0.1) is 0 Å². The highest BCUT2D eigenvalue weighted by molar-refractivity contribution is 6.06. The molecule has 0 bridgehead atoms. The smallest absolute Gasteiger partial charge is 0.255 e. The van der Waals surface area contributed by atoms with E-state index in [-0.39, 0.29) is 5.91 Å². The number of hydrogen-bond acceptors (Lipinski definition) is 1. The third-order valence-electron chi connectivity index (χ3n) is 3.07. The van der Waals surface area contributed by atoms with Gasteiger partial charge in [-0.25, -0.2) is 0 Å². The van der Waals surface area contributed by atoms with Crippen molar-refractivity contribution < 1.29 is 4.79 Å². The van der Waals surface area contributed by atoms with Crippen molar-refractivity contribution in [2.45, 2.75) is 13.3 Å². The standard InChI is InChI=1S/C17H17NO/c1-3-13-9-5-7-11-15(13)17(19)18-16-12-8-6-10-14(16)4-2/h4-12H,2-3H2,1H3,(H,18,19). The van der Waals surface area contributed by atoms with Crippen molar-refractivity contribution in [3.05, 3.63) is 71.8 Å². The van der Waals surface area contributed by atoms with Crippen molar-refractivity contribution >= 4 is 17.7 Å². The highest BCUT2D eigenvalue weighted by Gasteiger charge is 2.10. The second kappa shape index (κ2) is 6.01. The summed E-state index contributed by atoms with van der Waals surface area (Å²) in [5.74, 6) is -0.0771. The largest absolute Gasteiger partial charge is 0.321 e. The normalized spacial score (nSPS) is 9.95. The van der Waals surface area contributed by atoms with Crippen LogP contribution in [0.3, 0.4) is 0 Å². The van der Waals surface area contributed by atoms with Crippen LogP contribution in [-0.4, -0.2) is 5.91 Å². The molecule has 0 aliphatic rings. The minimum absolute atomic E-state index is 0.0771. The van der Waals surface area contributed by atoms with Crippen LogP contribution in [0, 0.1) is 0 Å². The summed E-state index contributed by atoms with van der Waals surface area (Å²) in [6, 6.07) is 15.3. The van der Waals surface area contributed by atoms with Gasteiger partial charge in [-0.15, -0.1) is 0 Å². The minimum atomic E-state index is -0.0771. The number of nitrogens with one attached hydrogen (secondary N) is 1. The molecule has 2 aromatic carbocycles.